The Balaban J connectivity index is 2.95. The predicted octanol–water partition coefficient (Wildman–Crippen LogP) is 1.53. The zero-order chi connectivity index (χ0) is 10.7. The maximum atomic E-state index is 10.9. The Hall–Kier alpha value is -1.02. The van der Waals surface area contributed by atoms with Crippen LogP contribution in [0.3, 0.4) is 0 Å². The van der Waals surface area contributed by atoms with E-state index < -0.39 is 10.9 Å². The molecular weight excluding hydrogens is 276 g/mol. The number of hydrogen-bond acceptors (Lipinski definition) is 6. The number of aromatic nitrogens is 1. The molecule has 0 saturated heterocycles. The molecule has 14 heavy (non-hydrogen) atoms. The quantitative estimate of drug-likeness (QED) is 0.476. The minimum absolute atomic E-state index is 0.124. The zero-order valence-corrected chi connectivity index (χ0v) is 9.42. The first kappa shape index (κ1) is 11.1. The summed E-state index contributed by atoms with van der Waals surface area (Å²) in [6, 6.07) is 0. The molecule has 1 rings (SSSR count). The summed E-state index contributed by atoms with van der Waals surface area (Å²) in [4.78, 5) is 24.6. The van der Waals surface area contributed by atoms with Crippen LogP contribution >= 0.6 is 27.3 Å². The lowest BCUT2D eigenvalue weighted by Gasteiger charge is -1.94. The van der Waals surface area contributed by atoms with Gasteiger partial charge in [0.1, 0.15) is 5.69 Å². The monoisotopic (exact) mass is 280 g/mol. The Morgan fingerprint density at radius 3 is 2.93 bits per heavy atom. The van der Waals surface area contributed by atoms with Crippen molar-refractivity contribution in [3.63, 3.8) is 0 Å². The lowest BCUT2D eigenvalue weighted by molar-refractivity contribution is -0.381. The Morgan fingerprint density at radius 2 is 2.43 bits per heavy atom. The number of thiazole rings is 1. The van der Waals surface area contributed by atoms with Crippen LogP contribution in [0.4, 0.5) is 5.00 Å². The van der Waals surface area contributed by atoms with Crippen molar-refractivity contribution in [2.24, 2.45) is 0 Å². The number of carbonyl (C=O) groups is 1. The summed E-state index contributed by atoms with van der Waals surface area (Å²) in [7, 11) is 1.22. The number of methoxy groups -OCH3 is 1. The molecule has 1 aromatic rings. The number of ether oxygens (including phenoxy) is 1. The largest absolute Gasteiger partial charge is 0.469 e. The second-order valence-electron chi connectivity index (χ2n) is 2.23. The standard InChI is InChI=1S/C6H5BrN2O4S/c1-13-4(10)2-3-5(9(11)12)14-6(7)8-3/h2H2,1H3. The fourth-order valence-corrected chi connectivity index (χ4v) is 2.08. The first-order valence-corrected chi connectivity index (χ1v) is 5.02. The molecule has 6 nitrogen and oxygen atoms in total. The summed E-state index contributed by atoms with van der Waals surface area (Å²) in [5.41, 5.74) is 0.124. The van der Waals surface area contributed by atoms with Gasteiger partial charge < -0.3 is 4.74 Å². The summed E-state index contributed by atoms with van der Waals surface area (Å²) in [5, 5.41) is 10.4. The Kier molecular flexibility index (Phi) is 3.53. The topological polar surface area (TPSA) is 82.3 Å². The van der Waals surface area contributed by atoms with Crippen LogP contribution in [0.25, 0.3) is 0 Å². The van der Waals surface area contributed by atoms with E-state index in [0.29, 0.717) is 3.92 Å². The van der Waals surface area contributed by atoms with E-state index in [1.54, 1.807) is 0 Å². The molecule has 0 saturated carbocycles. The van der Waals surface area contributed by atoms with Gasteiger partial charge in [-0.3, -0.25) is 14.9 Å². The molecule has 0 aromatic carbocycles. The maximum absolute atomic E-state index is 10.9. The number of hydrogen-bond donors (Lipinski definition) is 0. The molecule has 1 aromatic heterocycles. The number of carbonyl (C=O) groups excluding carboxylic acids is 1. The van der Waals surface area contributed by atoms with Crippen molar-refractivity contribution in [2.45, 2.75) is 6.42 Å². The summed E-state index contributed by atoms with van der Waals surface area (Å²) in [5.74, 6) is -0.550. The van der Waals surface area contributed by atoms with Gasteiger partial charge in [0.05, 0.1) is 18.5 Å². The molecule has 1 heterocycles. The Bertz CT molecular complexity index is 378. The van der Waals surface area contributed by atoms with E-state index in [1.807, 2.05) is 0 Å². The van der Waals surface area contributed by atoms with E-state index in [4.69, 9.17) is 0 Å². The van der Waals surface area contributed by atoms with Crippen LogP contribution in [0.15, 0.2) is 3.92 Å². The van der Waals surface area contributed by atoms with Gasteiger partial charge in [-0.25, -0.2) is 4.98 Å². The van der Waals surface area contributed by atoms with E-state index in [1.165, 1.54) is 7.11 Å². The van der Waals surface area contributed by atoms with Crippen molar-refractivity contribution in [3.8, 4) is 0 Å². The second-order valence-corrected chi connectivity index (χ2v) is 4.48. The molecule has 76 valence electrons. The fourth-order valence-electron chi connectivity index (χ4n) is 0.782. The molecule has 0 unspecified atom stereocenters. The van der Waals surface area contributed by atoms with Gasteiger partial charge in [-0.1, -0.05) is 0 Å². The van der Waals surface area contributed by atoms with Crippen LogP contribution in [0.2, 0.25) is 0 Å². The van der Waals surface area contributed by atoms with Crippen molar-refractivity contribution in [1.29, 1.82) is 0 Å². The van der Waals surface area contributed by atoms with Gasteiger partial charge in [-0.05, 0) is 27.3 Å². The lowest BCUT2D eigenvalue weighted by Crippen LogP contribution is -2.06. The molecule has 0 aliphatic carbocycles. The SMILES string of the molecule is COC(=O)Cc1nc(Br)sc1[N+](=O)[O-]. The highest BCUT2D eigenvalue weighted by molar-refractivity contribution is 9.11. The van der Waals surface area contributed by atoms with Gasteiger partial charge in [0, 0.05) is 0 Å². The van der Waals surface area contributed by atoms with E-state index in [-0.39, 0.29) is 17.1 Å². The van der Waals surface area contributed by atoms with Crippen molar-refractivity contribution in [2.75, 3.05) is 7.11 Å². The molecule has 8 heteroatoms. The smallest absolute Gasteiger partial charge is 0.348 e. The number of halogens is 1. The van der Waals surface area contributed by atoms with E-state index in [0.717, 1.165) is 11.3 Å². The highest BCUT2D eigenvalue weighted by atomic mass is 79.9. The van der Waals surface area contributed by atoms with Crippen LogP contribution < -0.4 is 0 Å². The predicted molar refractivity (Wildman–Crippen MR) is 52.2 cm³/mol. The van der Waals surface area contributed by atoms with Gasteiger partial charge >= 0.3 is 11.0 Å². The van der Waals surface area contributed by atoms with Crippen LogP contribution in [-0.2, 0) is 16.0 Å². The Labute approximate surface area is 91.2 Å². The molecule has 0 atom stereocenters. The molecule has 0 spiro atoms. The fraction of sp³-hybridized carbons (Fsp3) is 0.333. The first-order chi connectivity index (χ1) is 6.54. The molecule has 0 N–H and O–H groups in total. The van der Waals surface area contributed by atoms with Crippen LogP contribution in [0.1, 0.15) is 5.69 Å². The Morgan fingerprint density at radius 1 is 1.79 bits per heavy atom. The average Bonchev–Trinajstić information content (AvgIpc) is 2.46. The number of esters is 1. The van der Waals surface area contributed by atoms with Crippen LogP contribution in [0.5, 0.6) is 0 Å². The minimum Gasteiger partial charge on any atom is -0.469 e. The van der Waals surface area contributed by atoms with Crippen molar-refractivity contribution < 1.29 is 14.5 Å². The maximum Gasteiger partial charge on any atom is 0.348 e. The lowest BCUT2D eigenvalue weighted by atomic mass is 10.3. The van der Waals surface area contributed by atoms with Gasteiger partial charge in [0.2, 0.25) is 0 Å². The summed E-state index contributed by atoms with van der Waals surface area (Å²) in [6.45, 7) is 0. The van der Waals surface area contributed by atoms with E-state index in [2.05, 4.69) is 25.7 Å². The normalized spacial score (nSPS) is 9.86. The van der Waals surface area contributed by atoms with Gasteiger partial charge in [0.25, 0.3) is 0 Å². The summed E-state index contributed by atoms with van der Waals surface area (Å²) in [6.07, 6.45) is -0.186. The van der Waals surface area contributed by atoms with Crippen molar-refractivity contribution in [1.82, 2.24) is 4.98 Å². The first-order valence-electron chi connectivity index (χ1n) is 3.41. The van der Waals surface area contributed by atoms with Crippen LogP contribution in [-0.4, -0.2) is 23.0 Å². The molecule has 0 fully saturated rings. The van der Waals surface area contributed by atoms with Gasteiger partial charge in [-0.15, -0.1) is 0 Å². The van der Waals surface area contributed by atoms with Crippen molar-refractivity contribution >= 4 is 38.2 Å². The molecular formula is C6H5BrN2O4S. The van der Waals surface area contributed by atoms with Gasteiger partial charge in [0.15, 0.2) is 3.92 Å². The number of nitrogens with zero attached hydrogens (tertiary/aromatic N) is 2. The third-order valence-corrected chi connectivity index (χ3v) is 2.86. The number of nitro groups is 1. The molecule has 0 aliphatic rings. The number of rotatable bonds is 3. The second kappa shape index (κ2) is 4.47. The highest BCUT2D eigenvalue weighted by Gasteiger charge is 2.22. The third-order valence-electron chi connectivity index (χ3n) is 1.36. The van der Waals surface area contributed by atoms with Crippen LogP contribution in [0, 0.1) is 10.1 Å². The molecule has 0 amide bonds. The van der Waals surface area contributed by atoms with Crippen molar-refractivity contribution in [3.05, 3.63) is 19.7 Å². The van der Waals surface area contributed by atoms with Gasteiger partial charge in [-0.2, -0.15) is 0 Å². The highest BCUT2D eigenvalue weighted by Crippen LogP contribution is 2.30. The average molecular weight is 281 g/mol. The van der Waals surface area contributed by atoms with E-state index >= 15 is 0 Å². The molecule has 0 aliphatic heterocycles. The summed E-state index contributed by atoms with van der Waals surface area (Å²) < 4.78 is 4.76. The minimum atomic E-state index is -0.569. The molecule has 0 radical (unpaired) electrons. The summed E-state index contributed by atoms with van der Waals surface area (Å²) >= 11 is 3.89. The van der Waals surface area contributed by atoms with E-state index in [9.17, 15) is 14.9 Å². The molecule has 0 bridgehead atoms. The third kappa shape index (κ3) is 2.48. The zero-order valence-electron chi connectivity index (χ0n) is 7.02.